The van der Waals surface area contributed by atoms with Crippen molar-refractivity contribution in [2.45, 2.75) is 13.1 Å². The van der Waals surface area contributed by atoms with Crippen LogP contribution in [0.5, 0.6) is 0 Å². The number of primary amides is 1. The van der Waals surface area contributed by atoms with Gasteiger partial charge in [-0.15, -0.1) is 0 Å². The van der Waals surface area contributed by atoms with Gasteiger partial charge in [0.2, 0.25) is 16.0 Å². The second-order valence-electron chi connectivity index (χ2n) is 7.56. The third-order valence-electron chi connectivity index (χ3n) is 5.04. The summed E-state index contributed by atoms with van der Waals surface area (Å²) >= 11 is 0. The zero-order chi connectivity index (χ0) is 24.4. The first kappa shape index (κ1) is 24.5. The topological polar surface area (TPSA) is 134 Å². The van der Waals surface area contributed by atoms with E-state index in [9.17, 15) is 26.4 Å². The molecule has 3 rings (SSSR count). The van der Waals surface area contributed by atoms with Gasteiger partial charge in [-0.2, -0.15) is 22.5 Å². The molecule has 1 saturated heterocycles. The van der Waals surface area contributed by atoms with Gasteiger partial charge in [-0.3, -0.25) is 4.79 Å². The van der Waals surface area contributed by atoms with Crippen molar-refractivity contribution in [3.63, 3.8) is 0 Å². The van der Waals surface area contributed by atoms with Gasteiger partial charge in [0.15, 0.2) is 0 Å². The van der Waals surface area contributed by atoms with E-state index < -0.39 is 28.7 Å². The molecule has 1 aromatic heterocycles. The lowest BCUT2D eigenvalue weighted by Gasteiger charge is -2.35. The number of carbonyl (C=O) groups is 1. The van der Waals surface area contributed by atoms with E-state index in [0.717, 1.165) is 17.4 Å². The molecule has 14 heteroatoms. The molecule has 0 aliphatic carbocycles. The van der Waals surface area contributed by atoms with Crippen molar-refractivity contribution >= 4 is 39.1 Å². The first-order valence-electron chi connectivity index (χ1n) is 9.89. The van der Waals surface area contributed by atoms with Crippen molar-refractivity contribution in [2.75, 3.05) is 54.5 Å². The van der Waals surface area contributed by atoms with E-state index >= 15 is 0 Å². The quantitative estimate of drug-likeness (QED) is 0.537. The van der Waals surface area contributed by atoms with Crippen LogP contribution in [0.2, 0.25) is 0 Å². The Kier molecular flexibility index (Phi) is 6.97. The number of nitrogens with one attached hydrogen (secondary N) is 2. The van der Waals surface area contributed by atoms with Crippen molar-refractivity contribution in [2.24, 2.45) is 5.73 Å². The van der Waals surface area contributed by atoms with Gasteiger partial charge >= 0.3 is 6.18 Å². The molecule has 1 aliphatic rings. The number of hydrogen-bond donors (Lipinski definition) is 3. The van der Waals surface area contributed by atoms with Gasteiger partial charge in [0.1, 0.15) is 12.4 Å². The van der Waals surface area contributed by atoms with Crippen molar-refractivity contribution in [1.29, 1.82) is 0 Å². The summed E-state index contributed by atoms with van der Waals surface area (Å²) in [5.41, 5.74) is 7.27. The zero-order valence-electron chi connectivity index (χ0n) is 18.0. The number of piperazine rings is 1. The van der Waals surface area contributed by atoms with Gasteiger partial charge in [-0.05, 0) is 30.7 Å². The summed E-state index contributed by atoms with van der Waals surface area (Å²) in [4.78, 5) is 21.5. The molecule has 0 bridgehead atoms. The number of hydrogen-bond acceptors (Lipinski definition) is 8. The first-order valence-corrected chi connectivity index (χ1v) is 11.7. The Morgan fingerprint density at radius 3 is 2.42 bits per heavy atom. The molecule has 0 spiro atoms. The number of carbonyl (C=O) groups excluding carboxylic acids is 1. The average molecular weight is 488 g/mol. The minimum Gasteiger partial charge on any atom is -0.369 e. The van der Waals surface area contributed by atoms with E-state index in [-0.39, 0.29) is 17.3 Å². The molecule has 10 nitrogen and oxygen atoms in total. The number of amides is 1. The van der Waals surface area contributed by atoms with Gasteiger partial charge in [0.25, 0.3) is 5.91 Å². The predicted molar refractivity (Wildman–Crippen MR) is 118 cm³/mol. The van der Waals surface area contributed by atoms with Gasteiger partial charge < -0.3 is 21.3 Å². The van der Waals surface area contributed by atoms with Crippen molar-refractivity contribution in [3.8, 4) is 0 Å². The minimum absolute atomic E-state index is 0.0118. The lowest BCUT2D eigenvalue weighted by atomic mass is 10.1. The molecule has 2 aromatic rings. The molecule has 33 heavy (non-hydrogen) atoms. The van der Waals surface area contributed by atoms with Crippen LogP contribution in [0.25, 0.3) is 0 Å². The van der Waals surface area contributed by atoms with Crippen LogP contribution in [0.15, 0.2) is 24.4 Å². The largest absolute Gasteiger partial charge is 0.405 e. The summed E-state index contributed by atoms with van der Waals surface area (Å²) in [6.07, 6.45) is -2.26. The number of benzene rings is 1. The highest BCUT2D eigenvalue weighted by molar-refractivity contribution is 7.88. The van der Waals surface area contributed by atoms with E-state index in [4.69, 9.17) is 5.73 Å². The Morgan fingerprint density at radius 2 is 1.88 bits per heavy atom. The highest BCUT2D eigenvalue weighted by Gasteiger charge is 2.28. The molecule has 4 N–H and O–H groups in total. The Balaban J connectivity index is 1.74. The van der Waals surface area contributed by atoms with Gasteiger partial charge in [0, 0.05) is 43.8 Å². The first-order chi connectivity index (χ1) is 15.3. The van der Waals surface area contributed by atoms with Crippen LogP contribution < -0.4 is 21.3 Å². The molecule has 0 atom stereocenters. The number of halogens is 3. The fourth-order valence-corrected chi connectivity index (χ4v) is 4.15. The van der Waals surface area contributed by atoms with Crippen LogP contribution in [-0.4, -0.2) is 73.8 Å². The number of rotatable bonds is 7. The molecule has 1 amide bonds. The third-order valence-corrected chi connectivity index (χ3v) is 6.34. The van der Waals surface area contributed by atoms with Gasteiger partial charge in [0.05, 0.1) is 11.8 Å². The van der Waals surface area contributed by atoms with Crippen LogP contribution in [0.3, 0.4) is 0 Å². The number of aromatic nitrogens is 2. The lowest BCUT2D eigenvalue weighted by molar-refractivity contribution is -0.115. The SMILES string of the molecule is Cc1cc(N2CCN(S(C)(=O)=O)CC2)ccc1Nc1ncc(C(N)=O)c(NCC(F)(F)F)n1. The number of alkyl halides is 3. The minimum atomic E-state index is -4.51. The summed E-state index contributed by atoms with van der Waals surface area (Å²) in [5.74, 6) is -1.29. The van der Waals surface area contributed by atoms with Crippen molar-refractivity contribution < 1.29 is 26.4 Å². The second kappa shape index (κ2) is 9.39. The monoisotopic (exact) mass is 487 g/mol. The van der Waals surface area contributed by atoms with Gasteiger partial charge in [-0.1, -0.05) is 0 Å². The maximum atomic E-state index is 12.6. The summed E-state index contributed by atoms with van der Waals surface area (Å²) in [6.45, 7) is 2.33. The molecule has 1 aliphatic heterocycles. The van der Waals surface area contributed by atoms with E-state index in [1.165, 1.54) is 10.6 Å². The van der Waals surface area contributed by atoms with E-state index in [1.54, 1.807) is 6.07 Å². The summed E-state index contributed by atoms with van der Waals surface area (Å²) < 4.78 is 62.5. The highest BCUT2D eigenvalue weighted by atomic mass is 32.2. The van der Waals surface area contributed by atoms with Crippen LogP contribution in [0.4, 0.5) is 36.3 Å². The smallest absolute Gasteiger partial charge is 0.369 e. The predicted octanol–water partition coefficient (Wildman–Crippen LogP) is 1.68. The Labute approximate surface area is 189 Å². The van der Waals surface area contributed by atoms with E-state index in [1.807, 2.05) is 19.1 Å². The van der Waals surface area contributed by atoms with Crippen LogP contribution >= 0.6 is 0 Å². The second-order valence-corrected chi connectivity index (χ2v) is 9.54. The molecule has 0 saturated carbocycles. The van der Waals surface area contributed by atoms with Crippen molar-refractivity contribution in [3.05, 3.63) is 35.5 Å². The molecular formula is C19H24F3N7O3S. The normalized spacial score (nSPS) is 15.4. The number of anilines is 4. The van der Waals surface area contributed by atoms with Crippen LogP contribution in [-0.2, 0) is 10.0 Å². The summed E-state index contributed by atoms with van der Waals surface area (Å²) in [6, 6.07) is 5.51. The molecule has 1 fully saturated rings. The molecule has 1 aromatic carbocycles. The Hall–Kier alpha value is -3.13. The standard InChI is InChI=1S/C19H24F3N7O3S/c1-12-9-13(28-5-7-29(8-6-28)33(2,31)32)3-4-15(12)26-18-24-10-14(16(23)30)17(27-18)25-11-19(20,21)22/h3-4,9-10H,5-8,11H2,1-2H3,(H2,23,30)(H2,24,25,26,27). The summed E-state index contributed by atoms with van der Waals surface area (Å²) in [5, 5.41) is 5.00. The molecular weight excluding hydrogens is 463 g/mol. The molecule has 0 unspecified atom stereocenters. The zero-order valence-corrected chi connectivity index (χ0v) is 18.8. The maximum absolute atomic E-state index is 12.6. The maximum Gasteiger partial charge on any atom is 0.405 e. The lowest BCUT2D eigenvalue weighted by Crippen LogP contribution is -2.48. The highest BCUT2D eigenvalue weighted by Crippen LogP contribution is 2.26. The third kappa shape index (κ3) is 6.44. The van der Waals surface area contributed by atoms with Crippen LogP contribution in [0, 0.1) is 6.92 Å². The number of aryl methyl sites for hydroxylation is 1. The molecule has 2 heterocycles. The van der Waals surface area contributed by atoms with E-state index in [0.29, 0.717) is 31.9 Å². The van der Waals surface area contributed by atoms with Gasteiger partial charge in [-0.25, -0.2) is 13.4 Å². The number of nitrogens with zero attached hydrogens (tertiary/aromatic N) is 4. The van der Waals surface area contributed by atoms with Crippen LogP contribution in [0.1, 0.15) is 15.9 Å². The number of nitrogens with two attached hydrogens (primary N) is 1. The Bertz CT molecular complexity index is 1130. The van der Waals surface area contributed by atoms with E-state index in [2.05, 4.69) is 25.5 Å². The fourth-order valence-electron chi connectivity index (χ4n) is 3.32. The Morgan fingerprint density at radius 1 is 1.21 bits per heavy atom. The number of sulfonamides is 1. The fraction of sp³-hybridized carbons (Fsp3) is 0.421. The average Bonchev–Trinajstić information content (AvgIpc) is 2.72. The molecule has 180 valence electrons. The van der Waals surface area contributed by atoms with Crippen molar-refractivity contribution in [1.82, 2.24) is 14.3 Å². The summed E-state index contributed by atoms with van der Waals surface area (Å²) in [7, 11) is -3.22. The molecule has 0 radical (unpaired) electrons.